The molecule has 0 aliphatic heterocycles. The third-order valence-corrected chi connectivity index (χ3v) is 3.07. The van der Waals surface area contributed by atoms with E-state index in [4.69, 9.17) is 10.5 Å². The van der Waals surface area contributed by atoms with Gasteiger partial charge in [0.05, 0.1) is 5.60 Å². The topological polar surface area (TPSA) is 35.2 Å². The summed E-state index contributed by atoms with van der Waals surface area (Å²) in [5, 5.41) is 0. The first-order valence-electron chi connectivity index (χ1n) is 5.72. The van der Waals surface area contributed by atoms with Crippen LogP contribution in [0.1, 0.15) is 53.4 Å². The monoisotopic (exact) mass is 201 g/mol. The maximum absolute atomic E-state index is 6.06. The second-order valence-corrected chi connectivity index (χ2v) is 5.01. The highest BCUT2D eigenvalue weighted by Gasteiger charge is 2.18. The van der Waals surface area contributed by atoms with Crippen molar-refractivity contribution in [1.82, 2.24) is 0 Å². The molecule has 0 saturated heterocycles. The van der Waals surface area contributed by atoms with Crippen molar-refractivity contribution in [3.8, 4) is 0 Å². The van der Waals surface area contributed by atoms with Crippen molar-refractivity contribution >= 4 is 0 Å². The van der Waals surface area contributed by atoms with Gasteiger partial charge in [-0.25, -0.2) is 0 Å². The van der Waals surface area contributed by atoms with Crippen molar-refractivity contribution in [3.63, 3.8) is 0 Å². The third kappa shape index (κ3) is 6.39. The summed E-state index contributed by atoms with van der Waals surface area (Å²) < 4.78 is 5.36. The number of hydrogen-bond acceptors (Lipinski definition) is 2. The first-order chi connectivity index (χ1) is 6.41. The Morgan fingerprint density at radius 1 is 1.36 bits per heavy atom. The van der Waals surface area contributed by atoms with Crippen LogP contribution in [0.2, 0.25) is 0 Å². The van der Waals surface area contributed by atoms with Crippen LogP contribution in [0.3, 0.4) is 0 Å². The SMILES string of the molecule is CCC(C)CC(N)CCC(C)(C)OC. The fourth-order valence-electron chi connectivity index (χ4n) is 1.44. The van der Waals surface area contributed by atoms with Gasteiger partial charge in [0.2, 0.25) is 0 Å². The average molecular weight is 201 g/mol. The van der Waals surface area contributed by atoms with Crippen LogP contribution >= 0.6 is 0 Å². The van der Waals surface area contributed by atoms with E-state index in [1.807, 2.05) is 0 Å². The molecule has 0 aromatic rings. The van der Waals surface area contributed by atoms with Gasteiger partial charge in [0.15, 0.2) is 0 Å². The van der Waals surface area contributed by atoms with Gasteiger partial charge in [-0.3, -0.25) is 0 Å². The molecule has 0 rings (SSSR count). The first-order valence-corrected chi connectivity index (χ1v) is 5.72. The molecule has 0 bridgehead atoms. The van der Waals surface area contributed by atoms with Crippen LogP contribution in [0.15, 0.2) is 0 Å². The van der Waals surface area contributed by atoms with Crippen molar-refractivity contribution in [1.29, 1.82) is 0 Å². The molecule has 0 aliphatic rings. The van der Waals surface area contributed by atoms with Crippen molar-refractivity contribution in [3.05, 3.63) is 0 Å². The molecular formula is C12H27NO. The van der Waals surface area contributed by atoms with Gasteiger partial charge in [0, 0.05) is 13.2 Å². The van der Waals surface area contributed by atoms with E-state index >= 15 is 0 Å². The molecule has 2 heteroatoms. The molecule has 0 fully saturated rings. The number of ether oxygens (including phenoxy) is 1. The molecule has 0 saturated carbocycles. The standard InChI is InChI=1S/C12H27NO/c1-6-10(2)9-11(13)7-8-12(3,4)14-5/h10-11H,6-9,13H2,1-5H3. The van der Waals surface area contributed by atoms with Gasteiger partial charge in [-0.15, -0.1) is 0 Å². The molecule has 0 amide bonds. The minimum Gasteiger partial charge on any atom is -0.379 e. The lowest BCUT2D eigenvalue weighted by atomic mass is 9.93. The average Bonchev–Trinajstić information content (AvgIpc) is 2.15. The third-order valence-electron chi connectivity index (χ3n) is 3.07. The maximum Gasteiger partial charge on any atom is 0.0623 e. The van der Waals surface area contributed by atoms with Gasteiger partial charge in [-0.2, -0.15) is 0 Å². The van der Waals surface area contributed by atoms with Gasteiger partial charge in [-0.1, -0.05) is 20.3 Å². The van der Waals surface area contributed by atoms with Gasteiger partial charge >= 0.3 is 0 Å². The van der Waals surface area contributed by atoms with E-state index < -0.39 is 0 Å². The number of methoxy groups -OCH3 is 1. The highest BCUT2D eigenvalue weighted by Crippen LogP contribution is 2.19. The Morgan fingerprint density at radius 2 is 1.93 bits per heavy atom. The van der Waals surface area contributed by atoms with Crippen LogP contribution in [0.25, 0.3) is 0 Å². The molecular weight excluding hydrogens is 174 g/mol. The fraction of sp³-hybridized carbons (Fsp3) is 1.00. The zero-order valence-corrected chi connectivity index (χ0v) is 10.5. The van der Waals surface area contributed by atoms with E-state index in [1.54, 1.807) is 7.11 Å². The molecule has 0 aromatic carbocycles. The Labute approximate surface area is 89.2 Å². The van der Waals surface area contributed by atoms with Crippen LogP contribution in [0.5, 0.6) is 0 Å². The first kappa shape index (κ1) is 13.9. The normalized spacial score (nSPS) is 16.7. The predicted molar refractivity (Wildman–Crippen MR) is 62.4 cm³/mol. The predicted octanol–water partition coefficient (Wildman–Crippen LogP) is 2.96. The van der Waals surface area contributed by atoms with E-state index in [-0.39, 0.29) is 5.60 Å². The van der Waals surface area contributed by atoms with Crippen molar-refractivity contribution < 1.29 is 4.74 Å². The Kier molecular flexibility index (Phi) is 6.38. The van der Waals surface area contributed by atoms with Crippen molar-refractivity contribution in [2.24, 2.45) is 11.7 Å². The lowest BCUT2D eigenvalue weighted by molar-refractivity contribution is 0.0121. The number of hydrogen-bond donors (Lipinski definition) is 1. The summed E-state index contributed by atoms with van der Waals surface area (Å²) in [6.07, 6.45) is 4.46. The second kappa shape index (κ2) is 6.41. The largest absolute Gasteiger partial charge is 0.379 e. The van der Waals surface area contributed by atoms with Crippen LogP contribution in [0.4, 0.5) is 0 Å². The van der Waals surface area contributed by atoms with E-state index in [2.05, 4.69) is 27.7 Å². The van der Waals surface area contributed by atoms with Gasteiger partial charge in [-0.05, 0) is 39.0 Å². The summed E-state index contributed by atoms with van der Waals surface area (Å²) in [6, 6.07) is 0.333. The van der Waals surface area contributed by atoms with Crippen LogP contribution in [-0.2, 0) is 4.74 Å². The summed E-state index contributed by atoms with van der Waals surface area (Å²) in [5.41, 5.74) is 6.04. The molecule has 2 nitrogen and oxygen atoms in total. The molecule has 0 aliphatic carbocycles. The highest BCUT2D eigenvalue weighted by atomic mass is 16.5. The van der Waals surface area contributed by atoms with E-state index in [1.165, 1.54) is 6.42 Å². The summed E-state index contributed by atoms with van der Waals surface area (Å²) in [5.74, 6) is 0.746. The number of nitrogens with two attached hydrogens (primary N) is 1. The summed E-state index contributed by atoms with van der Waals surface area (Å²) in [4.78, 5) is 0. The molecule has 0 heterocycles. The zero-order chi connectivity index (χ0) is 11.2. The molecule has 86 valence electrons. The van der Waals surface area contributed by atoms with Crippen molar-refractivity contribution in [2.75, 3.05) is 7.11 Å². The maximum atomic E-state index is 6.06. The smallest absolute Gasteiger partial charge is 0.0623 e. The number of rotatable bonds is 7. The molecule has 2 atom stereocenters. The Balaban J connectivity index is 3.68. The van der Waals surface area contributed by atoms with E-state index in [0.717, 1.165) is 25.2 Å². The molecule has 0 aromatic heterocycles. The lowest BCUT2D eigenvalue weighted by Crippen LogP contribution is -2.29. The molecule has 0 radical (unpaired) electrons. The van der Waals surface area contributed by atoms with Crippen LogP contribution in [0, 0.1) is 5.92 Å². The van der Waals surface area contributed by atoms with Crippen LogP contribution in [-0.4, -0.2) is 18.8 Å². The Hall–Kier alpha value is -0.0800. The van der Waals surface area contributed by atoms with Crippen molar-refractivity contribution in [2.45, 2.75) is 65.0 Å². The molecule has 14 heavy (non-hydrogen) atoms. The zero-order valence-electron chi connectivity index (χ0n) is 10.5. The Bertz CT molecular complexity index is 145. The molecule has 2 unspecified atom stereocenters. The second-order valence-electron chi connectivity index (χ2n) is 5.01. The minimum absolute atomic E-state index is 0.0208. The fourth-order valence-corrected chi connectivity index (χ4v) is 1.44. The minimum atomic E-state index is -0.0208. The van der Waals surface area contributed by atoms with Gasteiger partial charge in [0.1, 0.15) is 0 Å². The Morgan fingerprint density at radius 3 is 2.36 bits per heavy atom. The summed E-state index contributed by atoms with van der Waals surface area (Å²) in [7, 11) is 1.76. The van der Waals surface area contributed by atoms with Gasteiger partial charge < -0.3 is 10.5 Å². The van der Waals surface area contributed by atoms with Gasteiger partial charge in [0.25, 0.3) is 0 Å². The summed E-state index contributed by atoms with van der Waals surface area (Å²) in [6.45, 7) is 8.71. The summed E-state index contributed by atoms with van der Waals surface area (Å²) >= 11 is 0. The van der Waals surface area contributed by atoms with Crippen LogP contribution < -0.4 is 5.73 Å². The quantitative estimate of drug-likeness (QED) is 0.687. The highest BCUT2D eigenvalue weighted by molar-refractivity contribution is 4.73. The lowest BCUT2D eigenvalue weighted by Gasteiger charge is -2.25. The molecule has 0 spiro atoms. The van der Waals surface area contributed by atoms with E-state index in [9.17, 15) is 0 Å². The molecule has 2 N–H and O–H groups in total. The van der Waals surface area contributed by atoms with E-state index in [0.29, 0.717) is 6.04 Å².